The first kappa shape index (κ1) is 17.7. The highest BCUT2D eigenvalue weighted by Crippen LogP contribution is 2.60. The number of phenolic OH excluding ortho intramolecular Hbond substituents is 2. The van der Waals surface area contributed by atoms with Gasteiger partial charge in [-0.3, -0.25) is 0 Å². The maximum absolute atomic E-state index is 11.1. The molecular formula is C25H24N2O2. The number of phenols is 2. The number of hydrogen-bond donors (Lipinski definition) is 3. The van der Waals surface area contributed by atoms with Crippen LogP contribution in [0.3, 0.4) is 0 Å². The molecule has 0 aliphatic carbocycles. The molecule has 2 heterocycles. The van der Waals surface area contributed by atoms with E-state index in [1.165, 1.54) is 0 Å². The Morgan fingerprint density at radius 2 is 1.62 bits per heavy atom. The van der Waals surface area contributed by atoms with Gasteiger partial charge in [0.2, 0.25) is 0 Å². The highest BCUT2D eigenvalue weighted by atomic mass is 16.3. The lowest BCUT2D eigenvalue weighted by Crippen LogP contribution is -2.40. The standard InChI is InChI=1S/C25H24N2O2/c1-2-3-15-27-16-19-18-11-7-8-12-20(18)26-25(19,17-9-5-4-6-10-17)23-21(28)13-14-22(29)24(23)27/h4-14,16,26,28-29H,2-3,15H2,1H3. The highest BCUT2D eigenvalue weighted by Gasteiger charge is 2.51. The highest BCUT2D eigenvalue weighted by molar-refractivity contribution is 5.99. The number of para-hydroxylation sites is 1. The summed E-state index contributed by atoms with van der Waals surface area (Å²) in [7, 11) is 0. The molecule has 1 atom stereocenters. The number of nitrogens with zero attached hydrogens (tertiary/aromatic N) is 1. The van der Waals surface area contributed by atoms with Crippen LogP contribution in [0, 0.1) is 0 Å². The Morgan fingerprint density at radius 1 is 0.897 bits per heavy atom. The van der Waals surface area contributed by atoms with Gasteiger partial charge in [0, 0.05) is 29.6 Å². The topological polar surface area (TPSA) is 55.7 Å². The van der Waals surface area contributed by atoms with Gasteiger partial charge in [0.15, 0.2) is 0 Å². The van der Waals surface area contributed by atoms with E-state index >= 15 is 0 Å². The van der Waals surface area contributed by atoms with E-state index in [4.69, 9.17) is 0 Å². The van der Waals surface area contributed by atoms with Crippen LogP contribution >= 0.6 is 0 Å². The molecule has 3 aromatic carbocycles. The Balaban J connectivity index is 1.86. The number of hydrogen-bond acceptors (Lipinski definition) is 4. The van der Waals surface area contributed by atoms with Crippen molar-refractivity contribution in [3.63, 3.8) is 0 Å². The molecule has 0 amide bonds. The van der Waals surface area contributed by atoms with Crippen molar-refractivity contribution in [2.24, 2.45) is 0 Å². The number of rotatable bonds is 4. The Morgan fingerprint density at radius 3 is 2.41 bits per heavy atom. The fourth-order valence-corrected chi connectivity index (χ4v) is 4.68. The molecule has 0 bridgehead atoms. The van der Waals surface area contributed by atoms with Crippen LogP contribution < -0.4 is 10.2 Å². The second-order valence-electron chi connectivity index (χ2n) is 7.70. The van der Waals surface area contributed by atoms with Crippen molar-refractivity contribution >= 4 is 16.9 Å². The van der Waals surface area contributed by atoms with Crippen LogP contribution in [0.2, 0.25) is 0 Å². The normalized spacial score (nSPS) is 19.1. The van der Waals surface area contributed by atoms with Crippen molar-refractivity contribution in [2.75, 3.05) is 16.8 Å². The summed E-state index contributed by atoms with van der Waals surface area (Å²) in [5.74, 6) is 0.353. The van der Waals surface area contributed by atoms with Crippen LogP contribution in [0.4, 0.5) is 11.4 Å². The van der Waals surface area contributed by atoms with Crippen LogP contribution in [0.1, 0.15) is 36.5 Å². The second-order valence-corrected chi connectivity index (χ2v) is 7.70. The van der Waals surface area contributed by atoms with Crippen molar-refractivity contribution in [1.29, 1.82) is 0 Å². The van der Waals surface area contributed by atoms with Gasteiger partial charge >= 0.3 is 0 Å². The molecule has 0 saturated heterocycles. The van der Waals surface area contributed by atoms with E-state index < -0.39 is 5.54 Å². The summed E-state index contributed by atoms with van der Waals surface area (Å²) < 4.78 is 0. The first-order valence-corrected chi connectivity index (χ1v) is 10.1. The van der Waals surface area contributed by atoms with Gasteiger partial charge in [0.1, 0.15) is 17.0 Å². The van der Waals surface area contributed by atoms with Gasteiger partial charge in [-0.25, -0.2) is 0 Å². The SMILES string of the molecule is CCCCN1C=C2c3ccccc3NC2(c2ccccc2)c2c(O)ccc(O)c21. The Hall–Kier alpha value is -3.40. The molecule has 4 nitrogen and oxygen atoms in total. The maximum Gasteiger partial charge on any atom is 0.139 e. The predicted molar refractivity (Wildman–Crippen MR) is 117 cm³/mol. The maximum atomic E-state index is 11.1. The molecule has 0 spiro atoms. The van der Waals surface area contributed by atoms with Crippen LogP contribution in [-0.4, -0.2) is 16.8 Å². The fourth-order valence-electron chi connectivity index (χ4n) is 4.68. The van der Waals surface area contributed by atoms with Gasteiger partial charge in [-0.05, 0) is 30.2 Å². The van der Waals surface area contributed by atoms with E-state index in [1.807, 2.05) is 30.3 Å². The van der Waals surface area contributed by atoms with Crippen molar-refractivity contribution in [3.8, 4) is 11.5 Å². The van der Waals surface area contributed by atoms with E-state index in [9.17, 15) is 10.2 Å². The molecule has 0 aromatic heterocycles. The number of anilines is 2. The molecule has 5 rings (SSSR count). The van der Waals surface area contributed by atoms with Crippen molar-refractivity contribution < 1.29 is 10.2 Å². The summed E-state index contributed by atoms with van der Waals surface area (Å²) in [5, 5.41) is 25.6. The van der Waals surface area contributed by atoms with Crippen molar-refractivity contribution in [2.45, 2.75) is 25.3 Å². The quantitative estimate of drug-likeness (QED) is 0.525. The summed E-state index contributed by atoms with van der Waals surface area (Å²) in [6, 6.07) is 21.5. The summed E-state index contributed by atoms with van der Waals surface area (Å²) in [5.41, 5.74) is 4.87. The molecule has 0 radical (unpaired) electrons. The molecule has 2 aliphatic heterocycles. The average molecular weight is 384 g/mol. The molecule has 2 aliphatic rings. The summed E-state index contributed by atoms with van der Waals surface area (Å²) >= 11 is 0. The van der Waals surface area contributed by atoms with Crippen LogP contribution in [0.25, 0.3) is 5.57 Å². The molecule has 0 saturated carbocycles. The van der Waals surface area contributed by atoms with E-state index in [0.29, 0.717) is 11.3 Å². The van der Waals surface area contributed by atoms with Crippen molar-refractivity contribution in [3.05, 3.63) is 89.6 Å². The first-order valence-electron chi connectivity index (χ1n) is 10.1. The lowest BCUT2D eigenvalue weighted by molar-refractivity contribution is 0.447. The van der Waals surface area contributed by atoms with Gasteiger partial charge < -0.3 is 20.4 Å². The minimum absolute atomic E-state index is 0.175. The first-order chi connectivity index (χ1) is 14.2. The largest absolute Gasteiger partial charge is 0.507 e. The van der Waals surface area contributed by atoms with E-state index in [1.54, 1.807) is 12.1 Å². The zero-order valence-electron chi connectivity index (χ0n) is 16.4. The molecule has 3 N–H and O–H groups in total. The minimum Gasteiger partial charge on any atom is -0.507 e. The monoisotopic (exact) mass is 384 g/mol. The lowest BCUT2D eigenvalue weighted by Gasteiger charge is -2.42. The zero-order valence-corrected chi connectivity index (χ0v) is 16.4. The third kappa shape index (κ3) is 2.45. The zero-order chi connectivity index (χ0) is 20.0. The third-order valence-corrected chi connectivity index (χ3v) is 5.98. The fraction of sp³-hybridized carbons (Fsp3) is 0.200. The number of aromatic hydroxyl groups is 2. The number of benzene rings is 3. The van der Waals surface area contributed by atoms with Gasteiger partial charge in [0.25, 0.3) is 0 Å². The number of fused-ring (bicyclic) bond motifs is 5. The molecule has 29 heavy (non-hydrogen) atoms. The van der Waals surface area contributed by atoms with E-state index in [2.05, 4.69) is 47.6 Å². The predicted octanol–water partition coefficient (Wildman–Crippen LogP) is 5.43. The van der Waals surface area contributed by atoms with Crippen LogP contribution in [-0.2, 0) is 5.54 Å². The van der Waals surface area contributed by atoms with Crippen LogP contribution in [0.15, 0.2) is 72.9 Å². The van der Waals surface area contributed by atoms with Gasteiger partial charge in [0.05, 0.1) is 11.3 Å². The summed E-state index contributed by atoms with van der Waals surface area (Å²) in [4.78, 5) is 2.09. The minimum atomic E-state index is -0.758. The van der Waals surface area contributed by atoms with Crippen molar-refractivity contribution in [1.82, 2.24) is 0 Å². The smallest absolute Gasteiger partial charge is 0.139 e. The van der Waals surface area contributed by atoms with Gasteiger partial charge in [-0.1, -0.05) is 61.9 Å². The Kier molecular flexibility index (Phi) is 4.02. The third-order valence-electron chi connectivity index (χ3n) is 5.98. The average Bonchev–Trinajstić information content (AvgIpc) is 3.10. The Bertz CT molecular complexity index is 1110. The summed E-state index contributed by atoms with van der Waals surface area (Å²) in [6.07, 6.45) is 4.18. The Labute approximate surface area is 170 Å². The molecule has 1 unspecified atom stereocenters. The molecule has 4 heteroatoms. The molecule has 0 fully saturated rings. The number of nitrogens with one attached hydrogen (secondary N) is 1. The van der Waals surface area contributed by atoms with Crippen LogP contribution in [0.5, 0.6) is 11.5 Å². The second kappa shape index (κ2) is 6.59. The molecular weight excluding hydrogens is 360 g/mol. The van der Waals surface area contributed by atoms with Gasteiger partial charge in [-0.15, -0.1) is 0 Å². The molecule has 3 aromatic rings. The number of unbranched alkanes of at least 4 members (excludes halogenated alkanes) is 1. The van der Waals surface area contributed by atoms with Gasteiger partial charge in [-0.2, -0.15) is 0 Å². The molecule has 146 valence electrons. The van der Waals surface area contributed by atoms with E-state index in [-0.39, 0.29) is 11.5 Å². The lowest BCUT2D eigenvalue weighted by atomic mass is 9.74. The summed E-state index contributed by atoms with van der Waals surface area (Å²) in [6.45, 7) is 2.93. The van der Waals surface area contributed by atoms with E-state index in [0.717, 1.165) is 41.8 Å².